The number of Topliss-reactive ketones (excluding diaryl/α,β-unsaturated/α-hetero) is 1. The molecule has 0 amide bonds. The summed E-state index contributed by atoms with van der Waals surface area (Å²) in [5.74, 6) is -1.11. The Bertz CT molecular complexity index is 868. The number of para-hydroxylation sites is 1. The van der Waals surface area contributed by atoms with Crippen LogP contribution in [0.1, 0.15) is 51.5 Å². The van der Waals surface area contributed by atoms with Gasteiger partial charge in [0.1, 0.15) is 18.0 Å². The van der Waals surface area contributed by atoms with Crippen LogP contribution < -0.4 is 9.47 Å². The van der Waals surface area contributed by atoms with E-state index in [2.05, 4.69) is 4.98 Å². The molecule has 2 rings (SSSR count). The molecular formula is C24H31NO6. The molecule has 3 atom stereocenters. The normalized spacial score (nSPS) is 13.9. The topological polar surface area (TPSA) is 95.0 Å². The summed E-state index contributed by atoms with van der Waals surface area (Å²) in [6.07, 6.45) is 0.382. The minimum absolute atomic E-state index is 0.0131. The molecule has 0 unspecified atom stereocenters. The molecule has 168 valence electrons. The number of carbonyl (C=O) groups excluding carboxylic acids is 2. The Labute approximate surface area is 183 Å². The molecule has 0 aliphatic rings. The molecule has 31 heavy (non-hydrogen) atoms. The number of carbonyl (C=O) groups is 2. The van der Waals surface area contributed by atoms with Crippen molar-refractivity contribution < 1.29 is 28.9 Å². The Kier molecular flexibility index (Phi) is 8.85. The van der Waals surface area contributed by atoms with Gasteiger partial charge in [-0.1, -0.05) is 39.0 Å². The molecule has 0 aliphatic heterocycles. The molecule has 0 bridgehead atoms. The smallest absolute Gasteiger partial charge is 0.309 e. The Balaban J connectivity index is 2.02. The van der Waals surface area contributed by atoms with E-state index in [0.29, 0.717) is 12.4 Å². The number of nitrogens with zero attached hydrogens (tertiary/aromatic N) is 1. The highest BCUT2D eigenvalue weighted by Gasteiger charge is 2.30. The molecule has 1 aromatic heterocycles. The molecule has 0 fully saturated rings. The van der Waals surface area contributed by atoms with Crippen LogP contribution in [0, 0.1) is 11.8 Å². The molecule has 1 aromatic carbocycles. The lowest BCUT2D eigenvalue weighted by Crippen LogP contribution is -2.39. The van der Waals surface area contributed by atoms with Gasteiger partial charge >= 0.3 is 5.97 Å². The largest absolute Gasteiger partial charge is 0.503 e. The number of hydrogen-bond donors (Lipinski definition) is 1. The molecule has 0 saturated heterocycles. The van der Waals surface area contributed by atoms with Gasteiger partial charge in [0, 0.05) is 18.7 Å². The fourth-order valence-corrected chi connectivity index (χ4v) is 3.18. The minimum atomic E-state index is -0.713. The third-order valence-corrected chi connectivity index (χ3v) is 4.78. The van der Waals surface area contributed by atoms with Crippen LogP contribution in [0.2, 0.25) is 0 Å². The maximum absolute atomic E-state index is 12.7. The summed E-state index contributed by atoms with van der Waals surface area (Å²) >= 11 is 0. The van der Waals surface area contributed by atoms with Gasteiger partial charge in [0.2, 0.25) is 0 Å². The number of ether oxygens (including phenoxy) is 3. The molecule has 0 spiro atoms. The summed E-state index contributed by atoms with van der Waals surface area (Å²) in [4.78, 5) is 29.3. The van der Waals surface area contributed by atoms with Crippen LogP contribution in [-0.4, -0.2) is 40.7 Å². The highest BCUT2D eigenvalue weighted by Crippen LogP contribution is 2.29. The molecule has 7 nitrogen and oxygen atoms in total. The summed E-state index contributed by atoms with van der Waals surface area (Å²) in [6.45, 7) is 9.46. The van der Waals surface area contributed by atoms with Gasteiger partial charge in [0.15, 0.2) is 23.0 Å². The van der Waals surface area contributed by atoms with Crippen molar-refractivity contribution in [3.8, 4) is 17.2 Å². The SMILES string of the molecule is CCOc1ccnc(C(=O)C[C@@H](C)C(=O)O[C@H](C(C)C)[C@H](C)Oc2ccccc2)c1O. The highest BCUT2D eigenvalue weighted by molar-refractivity contribution is 5.99. The zero-order valence-electron chi connectivity index (χ0n) is 18.7. The zero-order chi connectivity index (χ0) is 23.0. The third kappa shape index (κ3) is 6.70. The maximum atomic E-state index is 12.7. The first kappa shape index (κ1) is 24.2. The average molecular weight is 430 g/mol. The van der Waals surface area contributed by atoms with Crippen LogP contribution in [0.15, 0.2) is 42.6 Å². The predicted molar refractivity (Wildman–Crippen MR) is 116 cm³/mol. The van der Waals surface area contributed by atoms with Gasteiger partial charge in [-0.15, -0.1) is 0 Å². The van der Waals surface area contributed by atoms with E-state index in [1.165, 1.54) is 12.3 Å². The van der Waals surface area contributed by atoms with Crippen LogP contribution in [0.4, 0.5) is 0 Å². The predicted octanol–water partition coefficient (Wildman–Crippen LogP) is 4.43. The van der Waals surface area contributed by atoms with Gasteiger partial charge < -0.3 is 19.3 Å². The lowest BCUT2D eigenvalue weighted by Gasteiger charge is -2.29. The van der Waals surface area contributed by atoms with Gasteiger partial charge in [0.25, 0.3) is 0 Å². The third-order valence-electron chi connectivity index (χ3n) is 4.78. The van der Waals surface area contributed by atoms with Crippen molar-refractivity contribution in [2.75, 3.05) is 6.61 Å². The van der Waals surface area contributed by atoms with Gasteiger partial charge in [-0.3, -0.25) is 9.59 Å². The molecular weight excluding hydrogens is 398 g/mol. The Hall–Kier alpha value is -3.09. The summed E-state index contributed by atoms with van der Waals surface area (Å²) < 4.78 is 16.9. The highest BCUT2D eigenvalue weighted by atomic mass is 16.6. The Morgan fingerprint density at radius 3 is 2.35 bits per heavy atom. The van der Waals surface area contributed by atoms with Crippen LogP contribution >= 0.6 is 0 Å². The van der Waals surface area contributed by atoms with E-state index in [1.807, 2.05) is 51.1 Å². The van der Waals surface area contributed by atoms with Gasteiger partial charge in [0.05, 0.1) is 12.5 Å². The molecule has 0 saturated carbocycles. The summed E-state index contributed by atoms with van der Waals surface area (Å²) in [5.41, 5.74) is -0.119. The number of aromatic nitrogens is 1. The number of benzene rings is 1. The van der Waals surface area contributed by atoms with E-state index in [0.717, 1.165) is 0 Å². The summed E-state index contributed by atoms with van der Waals surface area (Å²) in [5, 5.41) is 10.2. The molecule has 2 aromatic rings. The zero-order valence-corrected chi connectivity index (χ0v) is 18.7. The maximum Gasteiger partial charge on any atom is 0.309 e. The van der Waals surface area contributed by atoms with Gasteiger partial charge in [-0.25, -0.2) is 4.98 Å². The van der Waals surface area contributed by atoms with Crippen LogP contribution in [-0.2, 0) is 9.53 Å². The fraction of sp³-hybridized carbons (Fsp3) is 0.458. The molecule has 1 N–H and O–H groups in total. The van der Waals surface area contributed by atoms with E-state index >= 15 is 0 Å². The lowest BCUT2D eigenvalue weighted by atomic mass is 10.00. The van der Waals surface area contributed by atoms with E-state index in [-0.39, 0.29) is 35.6 Å². The first-order valence-electron chi connectivity index (χ1n) is 10.5. The lowest BCUT2D eigenvalue weighted by molar-refractivity contribution is -0.161. The summed E-state index contributed by atoms with van der Waals surface area (Å²) in [6, 6.07) is 10.8. The number of aromatic hydroxyl groups is 1. The van der Waals surface area contributed by atoms with E-state index in [1.54, 1.807) is 13.8 Å². The quantitative estimate of drug-likeness (QED) is 0.417. The molecule has 7 heteroatoms. The number of esters is 1. The number of hydrogen-bond acceptors (Lipinski definition) is 7. The van der Waals surface area contributed by atoms with Crippen LogP contribution in [0.25, 0.3) is 0 Å². The van der Waals surface area contributed by atoms with Crippen molar-refractivity contribution in [1.82, 2.24) is 4.98 Å². The standard InChI is InChI=1S/C24H31NO6/c1-6-29-20-12-13-25-21(22(20)27)19(26)14-16(4)24(28)31-23(15(2)3)17(5)30-18-10-8-7-9-11-18/h7-13,15-17,23,27H,6,14H2,1-5H3/t16-,17+,23-/m1/s1. The van der Waals surface area contributed by atoms with Crippen molar-refractivity contribution in [1.29, 1.82) is 0 Å². The second-order valence-corrected chi connectivity index (χ2v) is 7.75. The van der Waals surface area contributed by atoms with Crippen molar-refractivity contribution in [3.05, 3.63) is 48.3 Å². The minimum Gasteiger partial charge on any atom is -0.503 e. The fourth-order valence-electron chi connectivity index (χ4n) is 3.18. The monoisotopic (exact) mass is 429 g/mol. The Morgan fingerprint density at radius 1 is 1.06 bits per heavy atom. The van der Waals surface area contributed by atoms with Crippen LogP contribution in [0.3, 0.4) is 0 Å². The van der Waals surface area contributed by atoms with Crippen molar-refractivity contribution in [3.63, 3.8) is 0 Å². The van der Waals surface area contributed by atoms with Crippen LogP contribution in [0.5, 0.6) is 17.2 Å². The number of pyridine rings is 1. The molecule has 0 radical (unpaired) electrons. The van der Waals surface area contributed by atoms with E-state index < -0.39 is 23.8 Å². The second-order valence-electron chi connectivity index (χ2n) is 7.75. The molecule has 1 heterocycles. The van der Waals surface area contributed by atoms with E-state index in [9.17, 15) is 14.7 Å². The molecule has 0 aliphatic carbocycles. The number of ketones is 1. The summed E-state index contributed by atoms with van der Waals surface area (Å²) in [7, 11) is 0. The second kappa shape index (κ2) is 11.3. The van der Waals surface area contributed by atoms with Gasteiger partial charge in [-0.05, 0) is 31.9 Å². The number of rotatable bonds is 11. The average Bonchev–Trinajstić information content (AvgIpc) is 2.73. The first-order chi connectivity index (χ1) is 14.7. The first-order valence-corrected chi connectivity index (χ1v) is 10.5. The van der Waals surface area contributed by atoms with Crippen molar-refractivity contribution in [2.24, 2.45) is 11.8 Å². The van der Waals surface area contributed by atoms with E-state index in [4.69, 9.17) is 14.2 Å². The van der Waals surface area contributed by atoms with Crippen molar-refractivity contribution >= 4 is 11.8 Å². The Morgan fingerprint density at radius 2 is 1.74 bits per heavy atom. The van der Waals surface area contributed by atoms with Gasteiger partial charge in [-0.2, -0.15) is 0 Å². The van der Waals surface area contributed by atoms with Crippen molar-refractivity contribution in [2.45, 2.75) is 53.2 Å².